The van der Waals surface area contributed by atoms with Crippen molar-refractivity contribution < 1.29 is 4.74 Å². The van der Waals surface area contributed by atoms with Gasteiger partial charge in [-0.2, -0.15) is 0 Å². The number of nitrogens with zero attached hydrogens (tertiary/aromatic N) is 3. The molecule has 2 heterocycles. The maximum atomic E-state index is 5.54. The number of rotatable bonds is 3. The third kappa shape index (κ3) is 3.01. The van der Waals surface area contributed by atoms with Gasteiger partial charge in [0, 0.05) is 18.5 Å². The van der Waals surface area contributed by atoms with Gasteiger partial charge in [-0.25, -0.2) is 9.97 Å². The first-order chi connectivity index (χ1) is 8.61. The molecule has 1 aliphatic rings. The summed E-state index contributed by atoms with van der Waals surface area (Å²) in [7, 11) is 0. The number of morpholine rings is 1. The molecule has 1 atom stereocenters. The summed E-state index contributed by atoms with van der Waals surface area (Å²) in [6, 6.07) is 2.42. The number of halogens is 1. The highest BCUT2D eigenvalue weighted by Crippen LogP contribution is 2.24. The molecule has 1 saturated heterocycles. The van der Waals surface area contributed by atoms with Gasteiger partial charge < -0.3 is 9.64 Å². The Hall–Kier alpha value is -0.680. The third-order valence-corrected chi connectivity index (χ3v) is 3.61. The summed E-state index contributed by atoms with van der Waals surface area (Å²) in [5.74, 6) is 2.24. The van der Waals surface area contributed by atoms with Gasteiger partial charge in [0.15, 0.2) is 0 Å². The van der Waals surface area contributed by atoms with E-state index in [1.54, 1.807) is 0 Å². The SMILES string of the molecule is CCC1COCCN1c1cc(Br)nc(C(C)C)n1. The largest absolute Gasteiger partial charge is 0.377 e. The van der Waals surface area contributed by atoms with Crippen LogP contribution in [0.4, 0.5) is 5.82 Å². The first kappa shape index (κ1) is 13.7. The van der Waals surface area contributed by atoms with E-state index >= 15 is 0 Å². The van der Waals surface area contributed by atoms with Gasteiger partial charge in [-0.05, 0) is 22.4 Å². The minimum atomic E-state index is 0.336. The molecule has 0 amide bonds. The number of hydrogen-bond acceptors (Lipinski definition) is 4. The standard InChI is InChI=1S/C13H20BrN3O/c1-4-10-8-18-6-5-17(10)12-7-11(14)15-13(16-12)9(2)3/h7,9-10H,4-6,8H2,1-3H3. The van der Waals surface area contributed by atoms with Crippen molar-refractivity contribution in [1.29, 1.82) is 0 Å². The lowest BCUT2D eigenvalue weighted by Crippen LogP contribution is -2.45. The fourth-order valence-corrected chi connectivity index (χ4v) is 2.51. The quantitative estimate of drug-likeness (QED) is 0.804. The normalized spacial score (nSPS) is 20.5. The summed E-state index contributed by atoms with van der Waals surface area (Å²) < 4.78 is 6.39. The first-order valence-corrected chi connectivity index (χ1v) is 7.30. The van der Waals surface area contributed by atoms with Crippen molar-refractivity contribution in [2.24, 2.45) is 0 Å². The van der Waals surface area contributed by atoms with Crippen molar-refractivity contribution in [1.82, 2.24) is 9.97 Å². The highest BCUT2D eigenvalue weighted by Gasteiger charge is 2.23. The Balaban J connectivity index is 2.30. The van der Waals surface area contributed by atoms with Gasteiger partial charge in [0.25, 0.3) is 0 Å². The predicted molar refractivity (Wildman–Crippen MR) is 76.1 cm³/mol. The van der Waals surface area contributed by atoms with Crippen LogP contribution in [0.3, 0.4) is 0 Å². The molecule has 5 heteroatoms. The minimum absolute atomic E-state index is 0.336. The zero-order valence-electron chi connectivity index (χ0n) is 11.2. The molecular formula is C13H20BrN3O. The van der Waals surface area contributed by atoms with E-state index < -0.39 is 0 Å². The van der Waals surface area contributed by atoms with Crippen molar-refractivity contribution in [2.45, 2.75) is 39.2 Å². The van der Waals surface area contributed by atoms with E-state index in [2.05, 4.69) is 51.6 Å². The average Bonchev–Trinajstić information content (AvgIpc) is 2.38. The lowest BCUT2D eigenvalue weighted by molar-refractivity contribution is 0.0925. The van der Waals surface area contributed by atoms with Crippen LogP contribution >= 0.6 is 15.9 Å². The number of ether oxygens (including phenoxy) is 1. The Morgan fingerprint density at radius 3 is 2.94 bits per heavy atom. The molecular weight excluding hydrogens is 294 g/mol. The highest BCUT2D eigenvalue weighted by molar-refractivity contribution is 9.10. The lowest BCUT2D eigenvalue weighted by atomic mass is 10.1. The van der Waals surface area contributed by atoms with Crippen LogP contribution in [0.5, 0.6) is 0 Å². The van der Waals surface area contributed by atoms with Gasteiger partial charge in [-0.15, -0.1) is 0 Å². The Bertz CT molecular complexity index is 411. The Labute approximate surface area is 117 Å². The van der Waals surface area contributed by atoms with E-state index in [1.807, 2.05) is 6.07 Å². The maximum Gasteiger partial charge on any atom is 0.134 e. The Kier molecular flexibility index (Phi) is 4.56. The van der Waals surface area contributed by atoms with Crippen LogP contribution in [-0.2, 0) is 4.74 Å². The topological polar surface area (TPSA) is 38.2 Å². The molecule has 18 heavy (non-hydrogen) atoms. The Morgan fingerprint density at radius 2 is 2.28 bits per heavy atom. The van der Waals surface area contributed by atoms with Crippen LogP contribution in [0, 0.1) is 0 Å². The van der Waals surface area contributed by atoms with Crippen molar-refractivity contribution in [2.75, 3.05) is 24.7 Å². The van der Waals surface area contributed by atoms with Crippen molar-refractivity contribution in [3.63, 3.8) is 0 Å². The van der Waals surface area contributed by atoms with Crippen LogP contribution in [0.25, 0.3) is 0 Å². The maximum absolute atomic E-state index is 5.54. The van der Waals surface area contributed by atoms with E-state index in [1.165, 1.54) is 0 Å². The molecule has 0 saturated carbocycles. The molecule has 0 radical (unpaired) electrons. The molecule has 1 unspecified atom stereocenters. The fraction of sp³-hybridized carbons (Fsp3) is 0.692. The van der Waals surface area contributed by atoms with Gasteiger partial charge in [0.1, 0.15) is 16.2 Å². The summed E-state index contributed by atoms with van der Waals surface area (Å²) in [4.78, 5) is 11.4. The molecule has 1 aliphatic heterocycles. The molecule has 1 aromatic rings. The summed E-state index contributed by atoms with van der Waals surface area (Å²) >= 11 is 3.48. The van der Waals surface area contributed by atoms with Gasteiger partial charge in [0.2, 0.25) is 0 Å². The average molecular weight is 314 g/mol. The fourth-order valence-electron chi connectivity index (χ4n) is 2.12. The van der Waals surface area contributed by atoms with Crippen LogP contribution in [0.1, 0.15) is 38.9 Å². The van der Waals surface area contributed by atoms with E-state index in [0.29, 0.717) is 12.0 Å². The molecule has 0 aliphatic carbocycles. The smallest absolute Gasteiger partial charge is 0.134 e. The van der Waals surface area contributed by atoms with Gasteiger partial charge in [-0.1, -0.05) is 20.8 Å². The van der Waals surface area contributed by atoms with Crippen molar-refractivity contribution >= 4 is 21.7 Å². The highest BCUT2D eigenvalue weighted by atomic mass is 79.9. The second-order valence-electron chi connectivity index (χ2n) is 4.89. The molecule has 100 valence electrons. The number of aromatic nitrogens is 2. The monoisotopic (exact) mass is 313 g/mol. The molecule has 0 N–H and O–H groups in total. The first-order valence-electron chi connectivity index (χ1n) is 6.50. The van der Waals surface area contributed by atoms with Crippen LogP contribution < -0.4 is 4.90 Å². The second kappa shape index (κ2) is 5.97. The zero-order valence-corrected chi connectivity index (χ0v) is 12.8. The molecule has 4 nitrogen and oxygen atoms in total. The zero-order chi connectivity index (χ0) is 13.1. The van der Waals surface area contributed by atoms with Crippen molar-refractivity contribution in [3.8, 4) is 0 Å². The summed E-state index contributed by atoms with van der Waals surface area (Å²) in [6.45, 7) is 8.88. The molecule has 0 aromatic carbocycles. The van der Waals surface area contributed by atoms with E-state index in [4.69, 9.17) is 4.74 Å². The summed E-state index contributed by atoms with van der Waals surface area (Å²) in [5, 5.41) is 0. The molecule has 1 aromatic heterocycles. The predicted octanol–water partition coefficient (Wildman–Crippen LogP) is 2.98. The Morgan fingerprint density at radius 1 is 1.50 bits per heavy atom. The molecule has 1 fully saturated rings. The van der Waals surface area contributed by atoms with E-state index in [-0.39, 0.29) is 0 Å². The van der Waals surface area contributed by atoms with Gasteiger partial charge in [0.05, 0.1) is 19.3 Å². The molecule has 0 spiro atoms. The minimum Gasteiger partial charge on any atom is -0.377 e. The van der Waals surface area contributed by atoms with Crippen LogP contribution in [0.2, 0.25) is 0 Å². The van der Waals surface area contributed by atoms with Gasteiger partial charge in [-0.3, -0.25) is 0 Å². The second-order valence-corrected chi connectivity index (χ2v) is 5.70. The van der Waals surface area contributed by atoms with Gasteiger partial charge >= 0.3 is 0 Å². The van der Waals surface area contributed by atoms with Crippen LogP contribution in [0.15, 0.2) is 10.7 Å². The van der Waals surface area contributed by atoms with E-state index in [9.17, 15) is 0 Å². The summed E-state index contributed by atoms with van der Waals surface area (Å²) in [5.41, 5.74) is 0. The summed E-state index contributed by atoms with van der Waals surface area (Å²) in [6.07, 6.45) is 1.07. The molecule has 0 bridgehead atoms. The van der Waals surface area contributed by atoms with Crippen LogP contribution in [-0.4, -0.2) is 35.8 Å². The molecule has 2 rings (SSSR count). The number of anilines is 1. The van der Waals surface area contributed by atoms with E-state index in [0.717, 1.165) is 42.4 Å². The lowest BCUT2D eigenvalue weighted by Gasteiger charge is -2.36. The number of hydrogen-bond donors (Lipinski definition) is 0. The van der Waals surface area contributed by atoms with Crippen molar-refractivity contribution in [3.05, 3.63) is 16.5 Å². The third-order valence-electron chi connectivity index (χ3n) is 3.21.